The number of hydrogen-bond acceptors (Lipinski definition) is 5. The largest absolute Gasteiger partial charge is 0.493 e. The summed E-state index contributed by atoms with van der Waals surface area (Å²) in [6.45, 7) is 0.819. The van der Waals surface area contributed by atoms with Crippen LogP contribution in [0.15, 0.2) is 23.4 Å². The van der Waals surface area contributed by atoms with Crippen molar-refractivity contribution < 1.29 is 27.9 Å². The van der Waals surface area contributed by atoms with Crippen LogP contribution in [-0.4, -0.2) is 38.5 Å². The molecule has 0 saturated heterocycles. The molecule has 1 N–H and O–H groups in total. The fraction of sp³-hybridized carbons (Fsp3) is 0.500. The zero-order valence-electron chi connectivity index (χ0n) is 13.9. The highest BCUT2D eigenvalue weighted by Gasteiger charge is 2.10. The molecule has 0 heterocycles. The molecule has 8 heteroatoms. The lowest BCUT2D eigenvalue weighted by Gasteiger charge is -2.11. The van der Waals surface area contributed by atoms with Gasteiger partial charge in [0, 0.05) is 11.6 Å². The van der Waals surface area contributed by atoms with Crippen LogP contribution in [-0.2, 0) is 9.63 Å². The van der Waals surface area contributed by atoms with Crippen LogP contribution in [0.1, 0.15) is 32.3 Å². The zero-order chi connectivity index (χ0) is 17.9. The van der Waals surface area contributed by atoms with Gasteiger partial charge >= 0.3 is 6.61 Å². The van der Waals surface area contributed by atoms with Crippen molar-refractivity contribution in [2.24, 2.45) is 5.16 Å². The van der Waals surface area contributed by atoms with E-state index in [4.69, 9.17) is 9.57 Å². The number of alkyl halides is 2. The predicted molar refractivity (Wildman–Crippen MR) is 85.7 cm³/mol. The first-order valence-corrected chi connectivity index (χ1v) is 7.53. The molecular formula is C16H22F2N2O4. The highest BCUT2D eigenvalue weighted by molar-refractivity contribution is 5.81. The molecule has 134 valence electrons. The Morgan fingerprint density at radius 2 is 2.12 bits per heavy atom. The molecule has 0 aliphatic rings. The number of benzene rings is 1. The second-order valence-electron chi connectivity index (χ2n) is 5.05. The summed E-state index contributed by atoms with van der Waals surface area (Å²) in [6.07, 6.45) is 3.22. The van der Waals surface area contributed by atoms with Crippen molar-refractivity contribution in [2.75, 3.05) is 13.7 Å². The second-order valence-corrected chi connectivity index (χ2v) is 5.05. The third-order valence-electron chi connectivity index (χ3n) is 3.00. The molecule has 1 aromatic carbocycles. The third kappa shape index (κ3) is 7.26. The highest BCUT2D eigenvalue weighted by Crippen LogP contribution is 2.28. The van der Waals surface area contributed by atoms with E-state index in [9.17, 15) is 13.6 Å². The van der Waals surface area contributed by atoms with Gasteiger partial charge in [0.25, 0.3) is 5.91 Å². The molecule has 24 heavy (non-hydrogen) atoms. The molecule has 0 bridgehead atoms. The van der Waals surface area contributed by atoms with Crippen molar-refractivity contribution in [1.82, 2.24) is 5.32 Å². The van der Waals surface area contributed by atoms with Crippen molar-refractivity contribution in [3.05, 3.63) is 23.8 Å². The maximum atomic E-state index is 12.2. The maximum absolute atomic E-state index is 12.2. The van der Waals surface area contributed by atoms with Crippen molar-refractivity contribution in [3.8, 4) is 11.5 Å². The van der Waals surface area contributed by atoms with Gasteiger partial charge in [-0.05, 0) is 31.5 Å². The summed E-state index contributed by atoms with van der Waals surface area (Å²) in [7, 11) is 1.34. The van der Waals surface area contributed by atoms with Crippen LogP contribution < -0.4 is 14.8 Å². The van der Waals surface area contributed by atoms with Crippen molar-refractivity contribution in [2.45, 2.75) is 39.3 Å². The Kier molecular flexibility index (Phi) is 8.53. The Hall–Kier alpha value is -2.38. The van der Waals surface area contributed by atoms with Crippen molar-refractivity contribution in [3.63, 3.8) is 0 Å². The predicted octanol–water partition coefficient (Wildman–Crippen LogP) is 2.95. The summed E-state index contributed by atoms with van der Waals surface area (Å²) in [5.74, 6) is -0.188. The van der Waals surface area contributed by atoms with E-state index in [1.165, 1.54) is 31.5 Å². The first kappa shape index (κ1) is 19.7. The Morgan fingerprint density at radius 3 is 2.75 bits per heavy atom. The van der Waals surface area contributed by atoms with Crippen LogP contribution in [0.5, 0.6) is 11.5 Å². The minimum atomic E-state index is -2.93. The lowest BCUT2D eigenvalue weighted by atomic mass is 10.2. The Bertz CT molecular complexity index is 553. The monoisotopic (exact) mass is 344 g/mol. The lowest BCUT2D eigenvalue weighted by molar-refractivity contribution is -0.126. The minimum absolute atomic E-state index is 0.0742. The Labute approximate surface area is 139 Å². The fourth-order valence-electron chi connectivity index (χ4n) is 1.97. The summed E-state index contributed by atoms with van der Waals surface area (Å²) >= 11 is 0. The first-order valence-electron chi connectivity index (χ1n) is 7.53. The molecule has 0 radical (unpaired) electrons. The second kappa shape index (κ2) is 10.4. The fourth-order valence-corrected chi connectivity index (χ4v) is 1.97. The van der Waals surface area contributed by atoms with E-state index in [-0.39, 0.29) is 30.1 Å². The minimum Gasteiger partial charge on any atom is -0.493 e. The molecule has 0 fully saturated rings. The maximum Gasteiger partial charge on any atom is 0.387 e. The van der Waals surface area contributed by atoms with Gasteiger partial charge in [-0.1, -0.05) is 18.5 Å². The van der Waals surface area contributed by atoms with Gasteiger partial charge in [-0.2, -0.15) is 8.78 Å². The molecule has 0 aliphatic heterocycles. The van der Waals surface area contributed by atoms with E-state index in [1.54, 1.807) is 0 Å². The number of rotatable bonds is 10. The average Bonchev–Trinajstić information content (AvgIpc) is 2.52. The Morgan fingerprint density at radius 1 is 1.38 bits per heavy atom. The van der Waals surface area contributed by atoms with Gasteiger partial charge in [-0.3, -0.25) is 4.79 Å². The van der Waals surface area contributed by atoms with Crippen molar-refractivity contribution in [1.29, 1.82) is 0 Å². The summed E-state index contributed by atoms with van der Waals surface area (Å²) in [5.41, 5.74) is 0.549. The van der Waals surface area contributed by atoms with Gasteiger partial charge in [0.15, 0.2) is 18.1 Å². The van der Waals surface area contributed by atoms with Crippen LogP contribution in [0.4, 0.5) is 8.78 Å². The zero-order valence-corrected chi connectivity index (χ0v) is 13.9. The van der Waals surface area contributed by atoms with E-state index < -0.39 is 6.61 Å². The van der Waals surface area contributed by atoms with Gasteiger partial charge in [0.05, 0.1) is 13.3 Å². The molecule has 0 spiro atoms. The molecule has 0 aliphatic carbocycles. The van der Waals surface area contributed by atoms with Gasteiger partial charge in [0.1, 0.15) is 0 Å². The summed E-state index contributed by atoms with van der Waals surface area (Å²) in [5, 5.41) is 6.45. The molecule has 1 amide bonds. The summed E-state index contributed by atoms with van der Waals surface area (Å²) in [4.78, 5) is 16.5. The van der Waals surface area contributed by atoms with Crippen LogP contribution in [0.3, 0.4) is 0 Å². The molecule has 1 aromatic rings. The number of oxime groups is 1. The number of halogens is 2. The van der Waals surface area contributed by atoms with E-state index in [2.05, 4.69) is 15.2 Å². The van der Waals surface area contributed by atoms with E-state index in [0.717, 1.165) is 12.8 Å². The van der Waals surface area contributed by atoms with Crippen molar-refractivity contribution >= 4 is 12.1 Å². The van der Waals surface area contributed by atoms with E-state index >= 15 is 0 Å². The standard InChI is InChI=1S/C16H22F2N2O4/c1-4-5-11(2)20-15(21)10-23-19-9-12-6-7-13(24-16(17)18)14(8-12)22-3/h6-9,11,16H,4-5,10H2,1-3H3,(H,20,21). The number of carbonyl (C=O) groups excluding carboxylic acids is 1. The average molecular weight is 344 g/mol. The smallest absolute Gasteiger partial charge is 0.387 e. The number of ether oxygens (including phenoxy) is 2. The molecular weight excluding hydrogens is 322 g/mol. The number of methoxy groups -OCH3 is 1. The van der Waals surface area contributed by atoms with Gasteiger partial charge in [-0.25, -0.2) is 0 Å². The summed E-state index contributed by atoms with van der Waals surface area (Å²) in [6, 6.07) is 4.40. The van der Waals surface area contributed by atoms with Gasteiger partial charge in [0.2, 0.25) is 0 Å². The third-order valence-corrected chi connectivity index (χ3v) is 3.00. The Balaban J connectivity index is 2.51. The van der Waals surface area contributed by atoms with Gasteiger partial charge < -0.3 is 19.6 Å². The first-order chi connectivity index (χ1) is 11.5. The molecule has 0 saturated carbocycles. The molecule has 6 nitrogen and oxygen atoms in total. The molecule has 1 unspecified atom stereocenters. The number of nitrogens with zero attached hydrogens (tertiary/aromatic N) is 1. The van der Waals surface area contributed by atoms with Gasteiger partial charge in [-0.15, -0.1) is 0 Å². The van der Waals surface area contributed by atoms with Crippen LogP contribution in [0, 0.1) is 0 Å². The normalized spacial score (nSPS) is 12.2. The molecule has 1 rings (SSSR count). The van der Waals surface area contributed by atoms with Crippen LogP contribution >= 0.6 is 0 Å². The van der Waals surface area contributed by atoms with E-state index in [0.29, 0.717) is 5.56 Å². The lowest BCUT2D eigenvalue weighted by Crippen LogP contribution is -2.34. The number of hydrogen-bond donors (Lipinski definition) is 1. The number of amides is 1. The quantitative estimate of drug-likeness (QED) is 0.523. The number of nitrogens with one attached hydrogen (secondary N) is 1. The SMILES string of the molecule is CCCC(C)NC(=O)CON=Cc1ccc(OC(F)F)c(OC)c1. The molecule has 0 aromatic heterocycles. The van der Waals surface area contributed by atoms with Crippen LogP contribution in [0.2, 0.25) is 0 Å². The number of carbonyl (C=O) groups is 1. The topological polar surface area (TPSA) is 69.2 Å². The highest BCUT2D eigenvalue weighted by atomic mass is 19.3. The van der Waals surface area contributed by atoms with E-state index in [1.807, 2.05) is 13.8 Å². The van der Waals surface area contributed by atoms with Crippen LogP contribution in [0.25, 0.3) is 0 Å². The molecule has 1 atom stereocenters. The summed E-state index contributed by atoms with van der Waals surface area (Å²) < 4.78 is 33.8.